The number of rotatable bonds is 0. The van der Waals surface area contributed by atoms with Crippen molar-refractivity contribution in [2.24, 2.45) is 5.34 Å². The molecule has 6 heavy (non-hydrogen) atoms. The topological polar surface area (TPSA) is 119 Å². The van der Waals surface area contributed by atoms with Crippen molar-refractivity contribution in [1.29, 1.82) is 0 Å². The van der Waals surface area contributed by atoms with E-state index in [1.807, 2.05) is 0 Å². The van der Waals surface area contributed by atoms with Crippen LogP contribution in [-0.2, 0) is 21.1 Å². The van der Waals surface area contributed by atoms with Crippen molar-refractivity contribution in [2.75, 3.05) is 0 Å². The second kappa shape index (κ2) is 79.1. The Hall–Kier alpha value is 0.00831. The fourth-order valence-corrected chi connectivity index (χ4v) is 0. The Labute approximate surface area is 49.5 Å². The molecule has 0 aliphatic heterocycles. The molecular weight excluding hydrogens is 269 g/mol. The smallest absolute Gasteiger partial charge is 0 e. The van der Waals surface area contributed by atoms with E-state index in [1.165, 1.54) is 0 Å². The molecule has 0 saturated heterocycles. The van der Waals surface area contributed by atoms with E-state index in [9.17, 15) is 0 Å². The Morgan fingerprint density at radius 1 is 1.33 bits per heavy atom. The first kappa shape index (κ1) is 37.4. The minimum Gasteiger partial charge on any atom is -0.693 e. The van der Waals surface area contributed by atoms with E-state index < -0.39 is 0 Å². The SMILES string of the molecule is O=N[O-].[NH2-].[NH2-].[Pt]. The van der Waals surface area contributed by atoms with Crippen LogP contribution < -0.4 is 0 Å². The Kier molecular flexibility index (Phi) is 493. The molecule has 0 unspecified atom stereocenters. The van der Waals surface area contributed by atoms with Crippen LogP contribution in [0.2, 0.25) is 0 Å². The average Bonchev–Trinajstić information content (AvgIpc) is 0.918. The summed E-state index contributed by atoms with van der Waals surface area (Å²) in [6, 6.07) is 0. The van der Waals surface area contributed by atoms with Gasteiger partial charge in [0, 0.05) is 21.1 Å². The fraction of sp³-hybridized carbons (Fsp3) is 0. The zero-order valence-electron chi connectivity index (χ0n) is 2.73. The molecule has 0 spiro atoms. The molecule has 0 aromatic rings. The van der Waals surface area contributed by atoms with Crippen LogP contribution in [0, 0.1) is 10.1 Å². The van der Waals surface area contributed by atoms with Gasteiger partial charge in [-0.05, 0) is 0 Å². The summed E-state index contributed by atoms with van der Waals surface area (Å²) in [7, 11) is 0. The number of hydrogen-bond donors (Lipinski definition) is 0. The van der Waals surface area contributed by atoms with Gasteiger partial charge in [0.05, 0.1) is 0 Å². The van der Waals surface area contributed by atoms with E-state index in [1.54, 1.807) is 0 Å². The first-order chi connectivity index (χ1) is 1.41. The minimum absolute atomic E-state index is 0. The summed E-state index contributed by atoms with van der Waals surface area (Å²) in [5, 5.41) is 9.00. The van der Waals surface area contributed by atoms with Gasteiger partial charge in [-0.15, -0.1) is 5.34 Å². The number of nitrogens with two attached hydrogens (primary N) is 2. The molecule has 0 aromatic carbocycles. The molecule has 0 fully saturated rings. The van der Waals surface area contributed by atoms with Gasteiger partial charge in [0.25, 0.3) is 0 Å². The van der Waals surface area contributed by atoms with E-state index in [4.69, 9.17) is 10.1 Å². The molecule has 6 heteroatoms. The van der Waals surface area contributed by atoms with Crippen molar-refractivity contribution in [2.45, 2.75) is 0 Å². The summed E-state index contributed by atoms with van der Waals surface area (Å²) in [5.74, 6) is 0. The van der Waals surface area contributed by atoms with Gasteiger partial charge in [0.1, 0.15) is 0 Å². The normalized spacial score (nSPS) is 2.00. The Morgan fingerprint density at radius 2 is 1.33 bits per heavy atom. The third-order valence-electron chi connectivity index (χ3n) is 0. The minimum atomic E-state index is 0. The molecule has 0 aliphatic carbocycles. The number of nitrogens with zero attached hydrogens (tertiary/aromatic N) is 1. The summed E-state index contributed by atoms with van der Waals surface area (Å²) in [6.07, 6.45) is 0. The van der Waals surface area contributed by atoms with E-state index in [0.29, 0.717) is 0 Å². The fourth-order valence-electron chi connectivity index (χ4n) is 0. The molecular formula is H4N3O2Pt-3. The van der Waals surface area contributed by atoms with Gasteiger partial charge >= 0.3 is 0 Å². The van der Waals surface area contributed by atoms with Crippen molar-refractivity contribution in [3.8, 4) is 0 Å². The number of hydrogen-bond acceptors (Lipinski definition) is 3. The van der Waals surface area contributed by atoms with E-state index in [-0.39, 0.29) is 33.4 Å². The molecule has 5 nitrogen and oxygen atoms in total. The van der Waals surface area contributed by atoms with Crippen LogP contribution in [0.1, 0.15) is 0 Å². The molecule has 44 valence electrons. The molecule has 0 saturated carbocycles. The van der Waals surface area contributed by atoms with Crippen molar-refractivity contribution in [1.82, 2.24) is 0 Å². The maximum absolute atomic E-state index is 8.00. The van der Waals surface area contributed by atoms with Crippen LogP contribution in [0.4, 0.5) is 0 Å². The average molecular weight is 273 g/mol. The predicted molar refractivity (Wildman–Crippen MR) is 19.7 cm³/mol. The Balaban J connectivity index is -0.00000000667. The quantitative estimate of drug-likeness (QED) is 0.492. The summed E-state index contributed by atoms with van der Waals surface area (Å²) in [4.78, 5) is 8.00. The summed E-state index contributed by atoms with van der Waals surface area (Å²) in [5.41, 5.74) is 0. The molecule has 0 bridgehead atoms. The first-order valence-electron chi connectivity index (χ1n) is 0.365. The van der Waals surface area contributed by atoms with Crippen LogP contribution in [0.3, 0.4) is 0 Å². The first-order valence-corrected chi connectivity index (χ1v) is 0.365. The molecule has 0 aromatic heterocycles. The maximum Gasteiger partial charge on any atom is 0 e. The molecule has 4 N–H and O–H groups in total. The third-order valence-corrected chi connectivity index (χ3v) is 0. The molecule has 0 radical (unpaired) electrons. The monoisotopic (exact) mass is 273 g/mol. The largest absolute Gasteiger partial charge is 0.693 e. The van der Waals surface area contributed by atoms with Gasteiger partial charge in [-0.1, -0.05) is 0 Å². The zero-order valence-corrected chi connectivity index (χ0v) is 5.01. The summed E-state index contributed by atoms with van der Waals surface area (Å²) >= 11 is 0. The van der Waals surface area contributed by atoms with Crippen molar-refractivity contribution in [3.63, 3.8) is 0 Å². The molecule has 0 amide bonds. The van der Waals surface area contributed by atoms with Crippen molar-refractivity contribution < 1.29 is 21.1 Å². The molecule has 0 rings (SSSR count). The van der Waals surface area contributed by atoms with Crippen LogP contribution in [-0.4, -0.2) is 0 Å². The molecule has 0 heterocycles. The second-order valence-corrected chi connectivity index (χ2v) is 0.0745. The van der Waals surface area contributed by atoms with Gasteiger partial charge in [0.2, 0.25) is 0 Å². The van der Waals surface area contributed by atoms with Crippen molar-refractivity contribution in [3.05, 3.63) is 22.4 Å². The third kappa shape index (κ3) is 525000. The summed E-state index contributed by atoms with van der Waals surface area (Å²) in [6.45, 7) is 0. The van der Waals surface area contributed by atoms with Crippen LogP contribution in [0.25, 0.3) is 12.3 Å². The van der Waals surface area contributed by atoms with Gasteiger partial charge < -0.3 is 22.4 Å². The molecule has 0 atom stereocenters. The van der Waals surface area contributed by atoms with Gasteiger partial charge in [-0.2, -0.15) is 0 Å². The van der Waals surface area contributed by atoms with E-state index in [2.05, 4.69) is 0 Å². The zero-order chi connectivity index (χ0) is 2.71. The van der Waals surface area contributed by atoms with Gasteiger partial charge in [-0.25, -0.2) is 0 Å². The maximum atomic E-state index is 8.00. The van der Waals surface area contributed by atoms with Crippen LogP contribution in [0.15, 0.2) is 5.34 Å². The summed E-state index contributed by atoms with van der Waals surface area (Å²) < 4.78 is 0. The Bertz CT molecular complexity index is 16.3. The second-order valence-electron chi connectivity index (χ2n) is 0.0745. The Morgan fingerprint density at radius 3 is 1.33 bits per heavy atom. The van der Waals surface area contributed by atoms with Crippen LogP contribution in [0.5, 0.6) is 0 Å². The predicted octanol–water partition coefficient (Wildman–Crippen LogP) is 1.68. The van der Waals surface area contributed by atoms with Crippen LogP contribution >= 0.6 is 0 Å². The van der Waals surface area contributed by atoms with Crippen molar-refractivity contribution >= 4 is 0 Å². The van der Waals surface area contributed by atoms with E-state index in [0.717, 1.165) is 5.34 Å². The van der Waals surface area contributed by atoms with Gasteiger partial charge in [-0.3, -0.25) is 0 Å². The van der Waals surface area contributed by atoms with E-state index >= 15 is 0 Å². The standard InChI is InChI=1S/HNO2.2H2N.Pt/c2-1-3;;;/h(H,2,3);2*1H2;/q;2*-1;/p-1. The molecule has 0 aliphatic rings. The van der Waals surface area contributed by atoms with Gasteiger partial charge in [0.15, 0.2) is 0 Å².